The number of ketones is 2. The molecule has 1 aromatic carbocycles. The lowest BCUT2D eigenvalue weighted by Gasteiger charge is -2.18. The summed E-state index contributed by atoms with van der Waals surface area (Å²) in [5.74, 6) is -0.958. The van der Waals surface area contributed by atoms with Gasteiger partial charge in [-0.15, -0.1) is 11.6 Å². The Morgan fingerprint density at radius 3 is 2.53 bits per heavy atom. The fourth-order valence-corrected chi connectivity index (χ4v) is 1.83. The molecule has 0 aliphatic heterocycles. The summed E-state index contributed by atoms with van der Waals surface area (Å²) >= 11 is 11.4. The van der Waals surface area contributed by atoms with Gasteiger partial charge >= 0.3 is 0 Å². The molecular weight excluding hydrogens is 237 g/mol. The summed E-state index contributed by atoms with van der Waals surface area (Å²) in [6.07, 6.45) is 0. The standard InChI is InChI=1S/C10H5Cl2NO2/c11-4-1-2-5-6(3-4)9(14)7(12)8(13)10(5)15/h1-3,7,13H. The average Bonchev–Trinajstić information content (AvgIpc) is 2.23. The molecule has 0 bridgehead atoms. The quantitative estimate of drug-likeness (QED) is 0.710. The number of fused-ring (bicyclic) bond motifs is 1. The Balaban J connectivity index is 2.69. The zero-order valence-corrected chi connectivity index (χ0v) is 8.89. The van der Waals surface area contributed by atoms with Crippen molar-refractivity contribution < 1.29 is 9.59 Å². The van der Waals surface area contributed by atoms with Gasteiger partial charge in [-0.2, -0.15) is 0 Å². The van der Waals surface area contributed by atoms with Crippen LogP contribution in [0.5, 0.6) is 0 Å². The molecule has 1 aliphatic rings. The van der Waals surface area contributed by atoms with E-state index in [-0.39, 0.29) is 16.8 Å². The molecule has 0 saturated carbocycles. The molecule has 2 rings (SSSR count). The lowest BCUT2D eigenvalue weighted by Crippen LogP contribution is -2.37. The third kappa shape index (κ3) is 1.48. The van der Waals surface area contributed by atoms with E-state index in [1.807, 2.05) is 0 Å². The SMILES string of the molecule is N=C1C(=O)c2ccc(Cl)cc2C(=O)C1Cl. The number of alkyl halides is 1. The number of hydrogen-bond donors (Lipinski definition) is 1. The van der Waals surface area contributed by atoms with E-state index in [1.54, 1.807) is 0 Å². The van der Waals surface area contributed by atoms with Gasteiger partial charge < -0.3 is 0 Å². The minimum absolute atomic E-state index is 0.198. The number of halogens is 2. The van der Waals surface area contributed by atoms with Gasteiger partial charge in [0.25, 0.3) is 0 Å². The number of rotatable bonds is 0. The van der Waals surface area contributed by atoms with Crippen LogP contribution in [-0.4, -0.2) is 22.7 Å². The highest BCUT2D eigenvalue weighted by atomic mass is 35.5. The Bertz CT molecular complexity index is 496. The minimum atomic E-state index is -1.19. The minimum Gasteiger partial charge on any atom is -0.299 e. The normalized spacial score (nSPS) is 20.4. The molecule has 0 heterocycles. The highest BCUT2D eigenvalue weighted by Gasteiger charge is 2.36. The molecule has 0 amide bonds. The number of nitrogens with one attached hydrogen (secondary N) is 1. The zero-order chi connectivity index (χ0) is 11.2. The van der Waals surface area contributed by atoms with Crippen molar-refractivity contribution >= 4 is 40.5 Å². The van der Waals surface area contributed by atoms with Crippen LogP contribution < -0.4 is 0 Å². The maximum absolute atomic E-state index is 11.6. The first-order valence-electron chi connectivity index (χ1n) is 4.13. The van der Waals surface area contributed by atoms with Crippen LogP contribution in [0.3, 0.4) is 0 Å². The van der Waals surface area contributed by atoms with Gasteiger partial charge in [-0.05, 0) is 18.2 Å². The summed E-state index contributed by atoms with van der Waals surface area (Å²) < 4.78 is 0. The maximum Gasteiger partial charge on any atom is 0.209 e. The lowest BCUT2D eigenvalue weighted by molar-refractivity contribution is 0.0967. The van der Waals surface area contributed by atoms with E-state index in [0.717, 1.165) is 0 Å². The second kappa shape index (κ2) is 3.43. The van der Waals surface area contributed by atoms with E-state index in [1.165, 1.54) is 18.2 Å². The first kappa shape index (κ1) is 10.3. The van der Waals surface area contributed by atoms with Crippen LogP contribution in [0, 0.1) is 5.41 Å². The van der Waals surface area contributed by atoms with Crippen molar-refractivity contribution in [2.75, 3.05) is 0 Å². The highest BCUT2D eigenvalue weighted by Crippen LogP contribution is 2.25. The van der Waals surface area contributed by atoms with Gasteiger partial charge in [0.05, 0.1) is 0 Å². The Kier molecular flexibility index (Phi) is 2.37. The van der Waals surface area contributed by atoms with Crippen molar-refractivity contribution in [1.29, 1.82) is 5.41 Å². The van der Waals surface area contributed by atoms with E-state index in [4.69, 9.17) is 28.6 Å². The number of hydrogen-bond acceptors (Lipinski definition) is 3. The molecule has 1 atom stereocenters. The van der Waals surface area contributed by atoms with E-state index >= 15 is 0 Å². The number of benzene rings is 1. The summed E-state index contributed by atoms with van der Waals surface area (Å²) in [7, 11) is 0. The summed E-state index contributed by atoms with van der Waals surface area (Å²) in [5, 5.41) is 6.56. The van der Waals surface area contributed by atoms with Crippen LogP contribution in [0.15, 0.2) is 18.2 Å². The molecule has 5 heteroatoms. The largest absolute Gasteiger partial charge is 0.299 e. The summed E-state index contributed by atoms with van der Waals surface area (Å²) in [4.78, 5) is 23.2. The smallest absolute Gasteiger partial charge is 0.209 e. The number of carbonyl (C=O) groups excluding carboxylic acids is 2. The summed E-state index contributed by atoms with van der Waals surface area (Å²) in [5.41, 5.74) is 0.0197. The molecule has 0 saturated heterocycles. The van der Waals surface area contributed by atoms with Crippen LogP contribution in [0.4, 0.5) is 0 Å². The Morgan fingerprint density at radius 2 is 1.87 bits per heavy atom. The summed E-state index contributed by atoms with van der Waals surface area (Å²) in [6, 6.07) is 4.35. The Morgan fingerprint density at radius 1 is 1.20 bits per heavy atom. The van der Waals surface area contributed by atoms with Crippen molar-refractivity contribution in [3.05, 3.63) is 34.3 Å². The van der Waals surface area contributed by atoms with E-state index in [2.05, 4.69) is 0 Å². The van der Waals surface area contributed by atoms with Crippen LogP contribution >= 0.6 is 23.2 Å². The number of Topliss-reactive ketones (excluding diaryl/α,β-unsaturated/α-hetero) is 2. The second-order valence-electron chi connectivity index (χ2n) is 3.16. The predicted molar refractivity (Wildman–Crippen MR) is 57.5 cm³/mol. The Hall–Kier alpha value is -1.19. The molecule has 76 valence electrons. The zero-order valence-electron chi connectivity index (χ0n) is 7.38. The third-order valence-electron chi connectivity index (χ3n) is 2.22. The molecule has 1 aromatic rings. The van der Waals surface area contributed by atoms with Crippen molar-refractivity contribution in [2.24, 2.45) is 0 Å². The highest BCUT2D eigenvalue weighted by molar-refractivity contribution is 6.64. The van der Waals surface area contributed by atoms with Crippen LogP contribution in [0.25, 0.3) is 0 Å². The molecular formula is C10H5Cl2NO2. The van der Waals surface area contributed by atoms with E-state index in [0.29, 0.717) is 5.02 Å². The molecule has 0 aromatic heterocycles. The molecule has 0 fully saturated rings. The van der Waals surface area contributed by atoms with E-state index in [9.17, 15) is 9.59 Å². The monoisotopic (exact) mass is 241 g/mol. The first-order chi connectivity index (χ1) is 7.02. The molecule has 3 nitrogen and oxygen atoms in total. The van der Waals surface area contributed by atoms with Crippen LogP contribution in [0.2, 0.25) is 5.02 Å². The average molecular weight is 242 g/mol. The molecule has 0 radical (unpaired) electrons. The van der Waals surface area contributed by atoms with Crippen LogP contribution in [-0.2, 0) is 0 Å². The van der Waals surface area contributed by atoms with Crippen molar-refractivity contribution in [1.82, 2.24) is 0 Å². The van der Waals surface area contributed by atoms with Gasteiger partial charge in [0, 0.05) is 16.1 Å². The molecule has 1 unspecified atom stereocenters. The topological polar surface area (TPSA) is 58.0 Å². The van der Waals surface area contributed by atoms with Crippen molar-refractivity contribution in [2.45, 2.75) is 5.38 Å². The van der Waals surface area contributed by atoms with Gasteiger partial charge in [0.1, 0.15) is 11.1 Å². The number of carbonyl (C=O) groups is 2. The molecule has 0 spiro atoms. The fraction of sp³-hybridized carbons (Fsp3) is 0.100. The van der Waals surface area contributed by atoms with Crippen molar-refractivity contribution in [3.63, 3.8) is 0 Å². The van der Waals surface area contributed by atoms with Gasteiger partial charge in [-0.3, -0.25) is 15.0 Å². The summed E-state index contributed by atoms with van der Waals surface area (Å²) in [6.45, 7) is 0. The van der Waals surface area contributed by atoms with Gasteiger partial charge in [-0.1, -0.05) is 11.6 Å². The molecule has 1 aliphatic carbocycles. The van der Waals surface area contributed by atoms with Gasteiger partial charge in [0.2, 0.25) is 5.78 Å². The lowest BCUT2D eigenvalue weighted by atomic mass is 9.88. The molecule has 1 N–H and O–H groups in total. The van der Waals surface area contributed by atoms with Gasteiger partial charge in [-0.25, -0.2) is 0 Å². The van der Waals surface area contributed by atoms with Crippen LogP contribution in [0.1, 0.15) is 20.7 Å². The maximum atomic E-state index is 11.6. The second-order valence-corrected chi connectivity index (χ2v) is 4.03. The Labute approximate surface area is 95.5 Å². The van der Waals surface area contributed by atoms with Gasteiger partial charge in [0.15, 0.2) is 5.78 Å². The molecule has 15 heavy (non-hydrogen) atoms. The first-order valence-corrected chi connectivity index (χ1v) is 4.95. The third-order valence-corrected chi connectivity index (χ3v) is 2.87. The predicted octanol–water partition coefficient (Wildman–Crippen LogP) is 2.35. The van der Waals surface area contributed by atoms with E-state index < -0.39 is 16.9 Å². The fourth-order valence-electron chi connectivity index (χ4n) is 1.45. The van der Waals surface area contributed by atoms with Crippen molar-refractivity contribution in [3.8, 4) is 0 Å².